The molecular weight excluding hydrogens is 365 g/mol. The van der Waals surface area contributed by atoms with Gasteiger partial charge in [0.1, 0.15) is 0 Å². The molecule has 0 aliphatic rings. The number of benzene rings is 2. The van der Waals surface area contributed by atoms with E-state index in [9.17, 15) is 5.11 Å². The summed E-state index contributed by atoms with van der Waals surface area (Å²) in [6.07, 6.45) is 0. The number of aryl methyl sites for hydroxylation is 2. The Hall–Kier alpha value is -1.43. The zero-order chi connectivity index (χ0) is 14.7. The quantitative estimate of drug-likeness (QED) is 0.777. The lowest BCUT2D eigenvalue weighted by Gasteiger charge is -2.11. The molecule has 0 saturated heterocycles. The molecule has 3 nitrogen and oxygen atoms in total. The third-order valence-corrected chi connectivity index (χ3v) is 4.13. The first-order valence-corrected chi connectivity index (χ1v) is 7.45. The molecule has 106 valence electrons. The highest BCUT2D eigenvalue weighted by Crippen LogP contribution is 2.32. The minimum atomic E-state index is 0.197. The average molecular weight is 383 g/mol. The second kappa shape index (κ2) is 6.35. The number of nitrogens with one attached hydrogen (secondary N) is 1. The van der Waals surface area contributed by atoms with E-state index in [0.29, 0.717) is 12.3 Å². The van der Waals surface area contributed by atoms with Crippen molar-refractivity contribution in [3.05, 3.63) is 50.6 Å². The zero-order valence-corrected chi connectivity index (χ0v) is 14.0. The summed E-state index contributed by atoms with van der Waals surface area (Å²) < 4.78 is 5.96. The zero-order valence-electron chi connectivity index (χ0n) is 11.8. The number of phenols is 1. The first-order chi connectivity index (χ1) is 9.51. The van der Waals surface area contributed by atoms with Gasteiger partial charge in [-0.05, 0) is 77.4 Å². The largest absolute Gasteiger partial charge is 0.504 e. The molecule has 2 aromatic carbocycles. The number of hydrogen-bond donors (Lipinski definition) is 2. The van der Waals surface area contributed by atoms with Crippen LogP contribution in [-0.2, 0) is 6.54 Å². The molecule has 2 rings (SSSR count). The van der Waals surface area contributed by atoms with Gasteiger partial charge in [0.05, 0.1) is 10.7 Å². The topological polar surface area (TPSA) is 41.5 Å². The van der Waals surface area contributed by atoms with Crippen molar-refractivity contribution in [2.24, 2.45) is 0 Å². The molecule has 0 fully saturated rings. The van der Waals surface area contributed by atoms with Crippen LogP contribution in [0.15, 0.2) is 30.3 Å². The van der Waals surface area contributed by atoms with Crippen LogP contribution in [0.2, 0.25) is 0 Å². The minimum Gasteiger partial charge on any atom is -0.504 e. The van der Waals surface area contributed by atoms with Crippen molar-refractivity contribution < 1.29 is 9.84 Å². The van der Waals surface area contributed by atoms with Crippen molar-refractivity contribution in [3.8, 4) is 11.5 Å². The maximum atomic E-state index is 9.82. The van der Waals surface area contributed by atoms with E-state index in [0.717, 1.165) is 14.8 Å². The maximum absolute atomic E-state index is 9.82. The molecule has 0 aliphatic carbocycles. The van der Waals surface area contributed by atoms with Gasteiger partial charge >= 0.3 is 0 Å². The van der Waals surface area contributed by atoms with Crippen molar-refractivity contribution in [1.29, 1.82) is 0 Å². The van der Waals surface area contributed by atoms with Crippen LogP contribution in [0.3, 0.4) is 0 Å². The van der Waals surface area contributed by atoms with Gasteiger partial charge in [-0.25, -0.2) is 0 Å². The molecule has 0 aliphatic heterocycles. The monoisotopic (exact) mass is 383 g/mol. The molecule has 20 heavy (non-hydrogen) atoms. The van der Waals surface area contributed by atoms with Gasteiger partial charge in [0, 0.05) is 12.2 Å². The average Bonchev–Trinajstić information content (AvgIpc) is 2.43. The number of ether oxygens (including phenoxy) is 1. The van der Waals surface area contributed by atoms with Gasteiger partial charge in [0.2, 0.25) is 0 Å². The molecule has 2 N–H and O–H groups in total. The molecular formula is C16H18INO2. The van der Waals surface area contributed by atoms with E-state index in [1.54, 1.807) is 7.11 Å². The van der Waals surface area contributed by atoms with E-state index in [4.69, 9.17) is 4.74 Å². The number of anilines is 1. The number of aromatic hydroxyl groups is 1. The van der Waals surface area contributed by atoms with Crippen molar-refractivity contribution in [2.75, 3.05) is 12.4 Å². The lowest BCUT2D eigenvalue weighted by atomic mass is 10.1. The van der Waals surface area contributed by atoms with Gasteiger partial charge in [-0.15, -0.1) is 0 Å². The summed E-state index contributed by atoms with van der Waals surface area (Å²) in [5, 5.41) is 13.2. The Kier molecular flexibility index (Phi) is 4.75. The van der Waals surface area contributed by atoms with Gasteiger partial charge in [-0.2, -0.15) is 0 Å². The number of halogens is 1. The fourth-order valence-corrected chi connectivity index (χ4v) is 2.61. The second-order valence-electron chi connectivity index (χ2n) is 4.78. The summed E-state index contributed by atoms with van der Waals surface area (Å²) in [4.78, 5) is 0. The number of hydrogen-bond acceptors (Lipinski definition) is 3. The third-order valence-electron chi connectivity index (χ3n) is 3.31. The van der Waals surface area contributed by atoms with Crippen LogP contribution in [0.4, 0.5) is 5.69 Å². The molecule has 0 amide bonds. The van der Waals surface area contributed by atoms with Crippen LogP contribution in [0.5, 0.6) is 11.5 Å². The number of phenolic OH excluding ortho intramolecular Hbond substituents is 1. The van der Waals surface area contributed by atoms with Crippen LogP contribution >= 0.6 is 22.6 Å². The molecule has 0 aromatic heterocycles. The molecule has 2 aromatic rings. The molecule has 0 bridgehead atoms. The SMILES string of the molecule is COc1cc(CNc2ccc(C)c(C)c2)cc(I)c1O. The van der Waals surface area contributed by atoms with Crippen LogP contribution < -0.4 is 10.1 Å². The molecule has 0 saturated carbocycles. The van der Waals surface area contributed by atoms with Crippen molar-refractivity contribution in [2.45, 2.75) is 20.4 Å². The summed E-state index contributed by atoms with van der Waals surface area (Å²) in [6, 6.07) is 10.1. The highest BCUT2D eigenvalue weighted by atomic mass is 127. The molecule has 0 unspecified atom stereocenters. The highest BCUT2D eigenvalue weighted by molar-refractivity contribution is 14.1. The molecule has 0 radical (unpaired) electrons. The predicted octanol–water partition coefficient (Wildman–Crippen LogP) is 4.23. The standard InChI is InChI=1S/C16H18INO2/c1-10-4-5-13(6-11(10)2)18-9-12-7-14(17)16(19)15(8-12)20-3/h4-8,18-19H,9H2,1-3H3. The van der Waals surface area contributed by atoms with Crippen molar-refractivity contribution in [1.82, 2.24) is 0 Å². The smallest absolute Gasteiger partial charge is 0.171 e. The Morgan fingerprint density at radius 3 is 2.55 bits per heavy atom. The van der Waals surface area contributed by atoms with Gasteiger partial charge in [-0.1, -0.05) is 6.07 Å². The van der Waals surface area contributed by atoms with E-state index >= 15 is 0 Å². The predicted molar refractivity (Wildman–Crippen MR) is 90.6 cm³/mol. The Labute approximate surface area is 133 Å². The van der Waals surface area contributed by atoms with E-state index in [-0.39, 0.29) is 5.75 Å². The number of methoxy groups -OCH3 is 1. The maximum Gasteiger partial charge on any atom is 0.171 e. The normalized spacial score (nSPS) is 10.4. The first kappa shape index (κ1) is 15.0. The summed E-state index contributed by atoms with van der Waals surface area (Å²) in [5.41, 5.74) is 4.72. The fourth-order valence-electron chi connectivity index (χ4n) is 1.94. The van der Waals surface area contributed by atoms with E-state index < -0.39 is 0 Å². The summed E-state index contributed by atoms with van der Waals surface area (Å²) in [7, 11) is 1.56. The Bertz CT molecular complexity index is 626. The first-order valence-electron chi connectivity index (χ1n) is 6.37. The molecule has 4 heteroatoms. The third kappa shape index (κ3) is 3.36. The van der Waals surface area contributed by atoms with Crippen molar-refractivity contribution in [3.63, 3.8) is 0 Å². The van der Waals surface area contributed by atoms with Crippen LogP contribution in [-0.4, -0.2) is 12.2 Å². The van der Waals surface area contributed by atoms with Gasteiger partial charge in [0.25, 0.3) is 0 Å². The van der Waals surface area contributed by atoms with Crippen molar-refractivity contribution >= 4 is 28.3 Å². The Morgan fingerprint density at radius 2 is 1.90 bits per heavy atom. The van der Waals surface area contributed by atoms with Gasteiger partial charge in [-0.3, -0.25) is 0 Å². The van der Waals surface area contributed by atoms with Crippen LogP contribution in [0, 0.1) is 17.4 Å². The van der Waals surface area contributed by atoms with E-state index in [2.05, 4.69) is 60.0 Å². The highest BCUT2D eigenvalue weighted by Gasteiger charge is 2.08. The van der Waals surface area contributed by atoms with Gasteiger partial charge in [0.15, 0.2) is 11.5 Å². The second-order valence-corrected chi connectivity index (χ2v) is 5.94. The Balaban J connectivity index is 2.14. The fraction of sp³-hybridized carbons (Fsp3) is 0.250. The lowest BCUT2D eigenvalue weighted by molar-refractivity contribution is 0.371. The minimum absolute atomic E-state index is 0.197. The van der Waals surface area contributed by atoms with E-state index in [1.165, 1.54) is 11.1 Å². The molecule has 0 atom stereocenters. The molecule has 0 spiro atoms. The lowest BCUT2D eigenvalue weighted by Crippen LogP contribution is -2.01. The molecule has 0 heterocycles. The van der Waals surface area contributed by atoms with E-state index in [1.807, 2.05) is 12.1 Å². The van der Waals surface area contributed by atoms with Crippen LogP contribution in [0.1, 0.15) is 16.7 Å². The summed E-state index contributed by atoms with van der Waals surface area (Å²) in [6.45, 7) is 4.90. The summed E-state index contributed by atoms with van der Waals surface area (Å²) >= 11 is 2.11. The number of rotatable bonds is 4. The van der Waals surface area contributed by atoms with Crippen LogP contribution in [0.25, 0.3) is 0 Å². The summed E-state index contributed by atoms with van der Waals surface area (Å²) in [5.74, 6) is 0.705. The van der Waals surface area contributed by atoms with Gasteiger partial charge < -0.3 is 15.2 Å². The Morgan fingerprint density at radius 1 is 1.15 bits per heavy atom.